The fourth-order valence-corrected chi connectivity index (χ4v) is 2.40. The van der Waals surface area contributed by atoms with Crippen LogP contribution < -0.4 is 11.1 Å². The van der Waals surface area contributed by atoms with Gasteiger partial charge in [-0.2, -0.15) is 0 Å². The second-order valence-electron chi connectivity index (χ2n) is 3.56. The van der Waals surface area contributed by atoms with Crippen LogP contribution in [-0.4, -0.2) is 39.4 Å². The summed E-state index contributed by atoms with van der Waals surface area (Å²) >= 11 is 1.26. The van der Waals surface area contributed by atoms with Crippen molar-refractivity contribution in [1.29, 1.82) is 0 Å². The number of carbonyl (C=O) groups excluding carboxylic acids is 1. The zero-order valence-electron chi connectivity index (χ0n) is 9.89. The van der Waals surface area contributed by atoms with E-state index in [4.69, 9.17) is 5.73 Å². The number of thiophene rings is 1. The summed E-state index contributed by atoms with van der Waals surface area (Å²) in [7, 11) is -3.07. The number of nitrogens with two attached hydrogens (primary N) is 1. The molecule has 5 nitrogen and oxygen atoms in total. The zero-order valence-corrected chi connectivity index (χ0v) is 11.5. The predicted octanol–water partition coefficient (Wildman–Crippen LogP) is -0.167. The van der Waals surface area contributed by atoms with E-state index in [1.54, 1.807) is 11.4 Å². The minimum Gasteiger partial charge on any atom is -0.350 e. The van der Waals surface area contributed by atoms with Gasteiger partial charge in [0.15, 0.2) is 0 Å². The Hall–Kier alpha value is -1.36. The van der Waals surface area contributed by atoms with Crippen molar-refractivity contribution >= 4 is 27.1 Å². The first-order valence-corrected chi connectivity index (χ1v) is 8.10. The molecule has 1 heterocycles. The molecule has 1 amide bonds. The minimum atomic E-state index is -3.07. The molecule has 0 saturated heterocycles. The van der Waals surface area contributed by atoms with Gasteiger partial charge >= 0.3 is 0 Å². The van der Waals surface area contributed by atoms with Crippen LogP contribution >= 0.6 is 11.3 Å². The quantitative estimate of drug-likeness (QED) is 0.752. The largest absolute Gasteiger partial charge is 0.350 e. The van der Waals surface area contributed by atoms with Gasteiger partial charge in [-0.1, -0.05) is 11.8 Å². The monoisotopic (exact) mass is 286 g/mol. The van der Waals surface area contributed by atoms with Crippen LogP contribution in [0.1, 0.15) is 15.2 Å². The van der Waals surface area contributed by atoms with E-state index in [1.165, 1.54) is 11.3 Å². The molecule has 1 rings (SSSR count). The highest BCUT2D eigenvalue weighted by Crippen LogP contribution is 2.15. The lowest BCUT2D eigenvalue weighted by molar-refractivity contribution is 0.0960. The third kappa shape index (κ3) is 4.87. The van der Waals surface area contributed by atoms with Crippen LogP contribution in [0.2, 0.25) is 0 Å². The Morgan fingerprint density at radius 3 is 2.89 bits per heavy atom. The number of hydrogen-bond donors (Lipinski definition) is 2. The van der Waals surface area contributed by atoms with Crippen molar-refractivity contribution < 1.29 is 13.2 Å². The zero-order chi connectivity index (χ0) is 13.6. The Labute approximate surface area is 110 Å². The van der Waals surface area contributed by atoms with Crippen molar-refractivity contribution in [3.05, 3.63) is 21.9 Å². The molecule has 0 spiro atoms. The van der Waals surface area contributed by atoms with Crippen molar-refractivity contribution in [1.82, 2.24) is 5.32 Å². The Kier molecular flexibility index (Phi) is 5.34. The summed E-state index contributed by atoms with van der Waals surface area (Å²) in [4.78, 5) is 12.3. The third-order valence-corrected chi connectivity index (χ3v) is 3.81. The second-order valence-corrected chi connectivity index (χ2v) is 6.73. The molecule has 0 aliphatic rings. The molecule has 1 aromatic heterocycles. The number of amides is 1. The van der Waals surface area contributed by atoms with Crippen LogP contribution in [0.15, 0.2) is 11.4 Å². The van der Waals surface area contributed by atoms with Gasteiger partial charge in [0.2, 0.25) is 0 Å². The standard InChI is InChI=1S/C11H14N2O3S2/c1-18(15,16)8-6-13-11(14)10-9(3-2-5-12)4-7-17-10/h4,7H,5-6,8,12H2,1H3,(H,13,14). The average Bonchev–Trinajstić information content (AvgIpc) is 2.72. The molecule has 98 valence electrons. The van der Waals surface area contributed by atoms with E-state index in [1.807, 2.05) is 0 Å². The lowest BCUT2D eigenvalue weighted by Crippen LogP contribution is -2.28. The summed E-state index contributed by atoms with van der Waals surface area (Å²) < 4.78 is 21.8. The maximum atomic E-state index is 11.8. The van der Waals surface area contributed by atoms with E-state index in [0.29, 0.717) is 10.4 Å². The average molecular weight is 286 g/mol. The normalized spacial score (nSPS) is 10.6. The van der Waals surface area contributed by atoms with Gasteiger partial charge in [0, 0.05) is 18.4 Å². The summed E-state index contributed by atoms with van der Waals surface area (Å²) in [6, 6.07) is 1.73. The van der Waals surface area contributed by atoms with Gasteiger partial charge in [-0.05, 0) is 11.4 Å². The van der Waals surface area contributed by atoms with Gasteiger partial charge in [0.1, 0.15) is 14.7 Å². The minimum absolute atomic E-state index is 0.0755. The summed E-state index contributed by atoms with van der Waals surface area (Å²) in [6.45, 7) is 0.324. The van der Waals surface area contributed by atoms with Gasteiger partial charge in [-0.3, -0.25) is 4.79 Å². The molecule has 0 saturated carbocycles. The Morgan fingerprint density at radius 1 is 1.56 bits per heavy atom. The smallest absolute Gasteiger partial charge is 0.262 e. The molecule has 0 aliphatic carbocycles. The highest BCUT2D eigenvalue weighted by atomic mass is 32.2. The van der Waals surface area contributed by atoms with E-state index in [9.17, 15) is 13.2 Å². The molecule has 0 fully saturated rings. The molecule has 3 N–H and O–H groups in total. The molecule has 18 heavy (non-hydrogen) atoms. The fourth-order valence-electron chi connectivity index (χ4n) is 1.16. The molecular weight excluding hydrogens is 272 g/mol. The number of sulfone groups is 1. The van der Waals surface area contributed by atoms with Crippen molar-refractivity contribution in [2.75, 3.05) is 25.1 Å². The first-order chi connectivity index (χ1) is 8.44. The molecule has 0 aliphatic heterocycles. The maximum absolute atomic E-state index is 11.8. The molecule has 0 unspecified atom stereocenters. The van der Waals surface area contributed by atoms with Gasteiger partial charge in [0.25, 0.3) is 5.91 Å². The molecule has 0 atom stereocenters. The number of nitrogens with one attached hydrogen (secondary N) is 1. The lowest BCUT2D eigenvalue weighted by atomic mass is 10.2. The molecule has 0 bridgehead atoms. The number of rotatable bonds is 4. The molecule has 1 aromatic rings. The summed E-state index contributed by atoms with van der Waals surface area (Å²) in [5.41, 5.74) is 5.88. The Bertz CT molecular complexity index is 579. The van der Waals surface area contributed by atoms with Gasteiger partial charge in [-0.25, -0.2) is 8.42 Å². The topological polar surface area (TPSA) is 89.3 Å². The van der Waals surface area contributed by atoms with E-state index < -0.39 is 9.84 Å². The van der Waals surface area contributed by atoms with Crippen LogP contribution in [0.3, 0.4) is 0 Å². The fraction of sp³-hybridized carbons (Fsp3) is 0.364. The summed E-state index contributed by atoms with van der Waals surface area (Å²) in [5.74, 6) is 5.09. The predicted molar refractivity (Wildman–Crippen MR) is 72.3 cm³/mol. The Morgan fingerprint density at radius 2 is 2.28 bits per heavy atom. The Balaban J connectivity index is 2.65. The second kappa shape index (κ2) is 6.54. The SMILES string of the molecule is CS(=O)(=O)CCNC(=O)c1sccc1C#CCN. The van der Waals surface area contributed by atoms with Gasteiger partial charge in [-0.15, -0.1) is 11.3 Å². The van der Waals surface area contributed by atoms with Gasteiger partial charge in [0.05, 0.1) is 12.3 Å². The highest BCUT2D eigenvalue weighted by Gasteiger charge is 2.12. The van der Waals surface area contributed by atoms with E-state index in [2.05, 4.69) is 17.2 Å². The van der Waals surface area contributed by atoms with Crippen LogP contribution in [-0.2, 0) is 9.84 Å². The van der Waals surface area contributed by atoms with Crippen molar-refractivity contribution in [2.24, 2.45) is 5.73 Å². The highest BCUT2D eigenvalue weighted by molar-refractivity contribution is 7.90. The summed E-state index contributed by atoms with van der Waals surface area (Å²) in [5, 5.41) is 4.31. The van der Waals surface area contributed by atoms with E-state index in [0.717, 1.165) is 6.26 Å². The lowest BCUT2D eigenvalue weighted by Gasteiger charge is -2.02. The molecule has 0 aromatic carbocycles. The van der Waals surface area contributed by atoms with E-state index in [-0.39, 0.29) is 24.7 Å². The number of hydrogen-bond acceptors (Lipinski definition) is 5. The first-order valence-electron chi connectivity index (χ1n) is 5.16. The van der Waals surface area contributed by atoms with Gasteiger partial charge < -0.3 is 11.1 Å². The molecular formula is C11H14N2O3S2. The molecule has 7 heteroatoms. The number of carbonyl (C=O) groups is 1. The van der Waals surface area contributed by atoms with Crippen molar-refractivity contribution in [3.63, 3.8) is 0 Å². The maximum Gasteiger partial charge on any atom is 0.262 e. The summed E-state index contributed by atoms with van der Waals surface area (Å²) in [6.07, 6.45) is 1.13. The van der Waals surface area contributed by atoms with Crippen molar-refractivity contribution in [3.8, 4) is 11.8 Å². The van der Waals surface area contributed by atoms with Crippen LogP contribution in [0.4, 0.5) is 0 Å². The van der Waals surface area contributed by atoms with Crippen LogP contribution in [0.5, 0.6) is 0 Å². The first kappa shape index (κ1) is 14.7. The van der Waals surface area contributed by atoms with E-state index >= 15 is 0 Å². The van der Waals surface area contributed by atoms with Crippen LogP contribution in [0.25, 0.3) is 0 Å². The third-order valence-electron chi connectivity index (χ3n) is 1.95. The molecule has 0 radical (unpaired) electrons. The van der Waals surface area contributed by atoms with Crippen LogP contribution in [0, 0.1) is 11.8 Å². The van der Waals surface area contributed by atoms with Crippen molar-refractivity contribution in [2.45, 2.75) is 0 Å².